The first-order valence-corrected chi connectivity index (χ1v) is 4.88. The molecule has 2 N–H and O–H groups in total. The maximum Gasteiger partial charge on any atom is 0.130 e. The number of Topliss-reactive ketones (excluding diaryl/α,β-unsaturated/α-hetero) is 1. The van der Waals surface area contributed by atoms with Crippen LogP contribution in [0.15, 0.2) is 0 Å². The summed E-state index contributed by atoms with van der Waals surface area (Å²) in [5, 5.41) is 0. The van der Waals surface area contributed by atoms with Gasteiger partial charge in [0, 0.05) is 6.42 Å². The van der Waals surface area contributed by atoms with Gasteiger partial charge in [-0.05, 0) is 30.7 Å². The van der Waals surface area contributed by atoms with Crippen molar-refractivity contribution in [3.63, 3.8) is 0 Å². The lowest BCUT2D eigenvalue weighted by Crippen LogP contribution is -2.31. The van der Waals surface area contributed by atoms with E-state index in [1.54, 1.807) is 6.92 Å². The molecule has 0 aromatic carbocycles. The van der Waals surface area contributed by atoms with Gasteiger partial charge in [-0.2, -0.15) is 0 Å². The number of carbonyl (C=O) groups excluding carboxylic acids is 1. The van der Waals surface area contributed by atoms with Gasteiger partial charge in [0.1, 0.15) is 5.78 Å². The minimum absolute atomic E-state index is 0.0781. The first kappa shape index (κ1) is 12.6. The van der Waals surface area contributed by atoms with Crippen molar-refractivity contribution in [3.8, 4) is 0 Å². The standard InChI is InChI=1S/C11H23NO/c1-9(13)6-10(2,3)7-11(4,5)8-12/h6-8,12H2,1-5H3. The van der Waals surface area contributed by atoms with Crippen molar-refractivity contribution in [2.45, 2.75) is 47.5 Å². The lowest BCUT2D eigenvalue weighted by molar-refractivity contribution is -0.119. The van der Waals surface area contributed by atoms with E-state index in [9.17, 15) is 4.79 Å². The maximum absolute atomic E-state index is 11.0. The summed E-state index contributed by atoms with van der Waals surface area (Å²) in [5.41, 5.74) is 5.88. The molecule has 0 radical (unpaired) electrons. The second-order valence-corrected chi connectivity index (χ2v) is 5.59. The molecule has 0 heterocycles. The summed E-state index contributed by atoms with van der Waals surface area (Å²) in [6, 6.07) is 0. The molecule has 0 saturated heterocycles. The molecule has 0 rings (SSSR count). The minimum atomic E-state index is 0.0781. The highest BCUT2D eigenvalue weighted by atomic mass is 16.1. The van der Waals surface area contributed by atoms with E-state index in [0.717, 1.165) is 6.42 Å². The fourth-order valence-electron chi connectivity index (χ4n) is 2.10. The van der Waals surface area contributed by atoms with E-state index in [4.69, 9.17) is 5.73 Å². The van der Waals surface area contributed by atoms with Crippen molar-refractivity contribution in [2.75, 3.05) is 6.54 Å². The molecule has 0 amide bonds. The van der Waals surface area contributed by atoms with E-state index < -0.39 is 0 Å². The molecular formula is C11H23NO. The van der Waals surface area contributed by atoms with Crippen molar-refractivity contribution in [2.24, 2.45) is 16.6 Å². The van der Waals surface area contributed by atoms with Crippen LogP contribution in [0.5, 0.6) is 0 Å². The van der Waals surface area contributed by atoms with Crippen LogP contribution in [0.25, 0.3) is 0 Å². The first-order valence-electron chi connectivity index (χ1n) is 4.88. The van der Waals surface area contributed by atoms with Crippen LogP contribution < -0.4 is 5.73 Å². The molecule has 0 aliphatic heterocycles. The number of nitrogens with two attached hydrogens (primary N) is 1. The van der Waals surface area contributed by atoms with Crippen LogP contribution in [0.1, 0.15) is 47.5 Å². The van der Waals surface area contributed by atoms with Gasteiger partial charge in [0.15, 0.2) is 0 Å². The Balaban J connectivity index is 4.24. The maximum atomic E-state index is 11.0. The molecule has 0 saturated carbocycles. The van der Waals surface area contributed by atoms with Crippen molar-refractivity contribution < 1.29 is 4.79 Å². The smallest absolute Gasteiger partial charge is 0.130 e. The summed E-state index contributed by atoms with van der Waals surface area (Å²) < 4.78 is 0. The third-order valence-electron chi connectivity index (χ3n) is 2.24. The molecule has 0 atom stereocenters. The quantitative estimate of drug-likeness (QED) is 0.714. The van der Waals surface area contributed by atoms with Gasteiger partial charge in [-0.25, -0.2) is 0 Å². The van der Waals surface area contributed by atoms with Crippen LogP contribution in [-0.4, -0.2) is 12.3 Å². The van der Waals surface area contributed by atoms with E-state index >= 15 is 0 Å². The number of carbonyl (C=O) groups is 1. The Morgan fingerprint density at radius 3 is 1.92 bits per heavy atom. The molecule has 2 heteroatoms. The highest BCUT2D eigenvalue weighted by molar-refractivity contribution is 5.76. The molecule has 0 aliphatic carbocycles. The van der Waals surface area contributed by atoms with Gasteiger partial charge in [0.25, 0.3) is 0 Å². The Morgan fingerprint density at radius 1 is 1.15 bits per heavy atom. The molecule has 0 unspecified atom stereocenters. The Hall–Kier alpha value is -0.370. The molecule has 0 aliphatic rings. The summed E-state index contributed by atoms with van der Waals surface area (Å²) in [6.07, 6.45) is 1.65. The van der Waals surface area contributed by atoms with E-state index in [1.807, 2.05) is 0 Å². The van der Waals surface area contributed by atoms with Crippen LogP contribution in [0.3, 0.4) is 0 Å². The summed E-state index contributed by atoms with van der Waals surface area (Å²) in [4.78, 5) is 11.0. The molecule has 0 aromatic heterocycles. The molecular weight excluding hydrogens is 162 g/mol. The van der Waals surface area contributed by atoms with Crippen LogP contribution in [0.4, 0.5) is 0 Å². The predicted molar refractivity (Wildman–Crippen MR) is 56.5 cm³/mol. The van der Waals surface area contributed by atoms with Crippen LogP contribution in [0, 0.1) is 10.8 Å². The highest BCUT2D eigenvalue weighted by Crippen LogP contribution is 2.35. The van der Waals surface area contributed by atoms with Crippen molar-refractivity contribution in [1.82, 2.24) is 0 Å². The van der Waals surface area contributed by atoms with Gasteiger partial charge < -0.3 is 10.5 Å². The van der Waals surface area contributed by atoms with Crippen molar-refractivity contribution in [1.29, 1.82) is 0 Å². The lowest BCUT2D eigenvalue weighted by atomic mass is 9.73. The van der Waals surface area contributed by atoms with Crippen molar-refractivity contribution in [3.05, 3.63) is 0 Å². The number of rotatable bonds is 5. The van der Waals surface area contributed by atoms with Crippen molar-refractivity contribution >= 4 is 5.78 Å². The van der Waals surface area contributed by atoms with Crippen LogP contribution >= 0.6 is 0 Å². The Labute approximate surface area is 81.9 Å². The van der Waals surface area contributed by atoms with Gasteiger partial charge >= 0.3 is 0 Å². The molecule has 0 aromatic rings. The zero-order valence-corrected chi connectivity index (χ0v) is 9.61. The summed E-state index contributed by atoms with van der Waals surface area (Å²) in [5.74, 6) is 0.262. The SMILES string of the molecule is CC(=O)CC(C)(C)CC(C)(C)CN. The highest BCUT2D eigenvalue weighted by Gasteiger charge is 2.28. The topological polar surface area (TPSA) is 43.1 Å². The summed E-state index contributed by atoms with van der Waals surface area (Å²) in [7, 11) is 0. The predicted octanol–water partition coefficient (Wildman–Crippen LogP) is 2.37. The fourth-order valence-corrected chi connectivity index (χ4v) is 2.10. The number of hydrogen-bond donors (Lipinski definition) is 1. The Bertz CT molecular complexity index is 183. The normalized spacial score (nSPS) is 13.1. The third-order valence-corrected chi connectivity index (χ3v) is 2.24. The minimum Gasteiger partial charge on any atom is -0.330 e. The van der Waals surface area contributed by atoms with Crippen LogP contribution in [0.2, 0.25) is 0 Å². The molecule has 13 heavy (non-hydrogen) atoms. The summed E-state index contributed by atoms with van der Waals surface area (Å²) >= 11 is 0. The zero-order valence-electron chi connectivity index (χ0n) is 9.61. The monoisotopic (exact) mass is 185 g/mol. The van der Waals surface area contributed by atoms with E-state index in [1.165, 1.54) is 0 Å². The largest absolute Gasteiger partial charge is 0.330 e. The number of hydrogen-bond acceptors (Lipinski definition) is 2. The first-order chi connectivity index (χ1) is 5.68. The zero-order chi connectivity index (χ0) is 10.7. The fraction of sp³-hybridized carbons (Fsp3) is 0.909. The molecule has 78 valence electrons. The van der Waals surface area contributed by atoms with E-state index in [0.29, 0.717) is 13.0 Å². The summed E-state index contributed by atoms with van der Waals surface area (Å²) in [6.45, 7) is 10.9. The Morgan fingerprint density at radius 2 is 1.62 bits per heavy atom. The molecule has 2 nitrogen and oxygen atoms in total. The average Bonchev–Trinajstić information content (AvgIpc) is 1.81. The van der Waals surface area contributed by atoms with E-state index in [2.05, 4.69) is 27.7 Å². The van der Waals surface area contributed by atoms with Crippen LogP contribution in [-0.2, 0) is 4.79 Å². The molecule has 0 bridgehead atoms. The lowest BCUT2D eigenvalue weighted by Gasteiger charge is -2.33. The van der Waals surface area contributed by atoms with Gasteiger partial charge in [-0.15, -0.1) is 0 Å². The van der Waals surface area contributed by atoms with Gasteiger partial charge in [0.05, 0.1) is 0 Å². The average molecular weight is 185 g/mol. The Kier molecular flexibility index (Phi) is 4.11. The van der Waals surface area contributed by atoms with Gasteiger partial charge in [-0.1, -0.05) is 27.7 Å². The molecule has 0 spiro atoms. The van der Waals surface area contributed by atoms with Gasteiger partial charge in [-0.3, -0.25) is 0 Å². The van der Waals surface area contributed by atoms with Gasteiger partial charge in [0.2, 0.25) is 0 Å². The second kappa shape index (κ2) is 4.23. The third kappa shape index (κ3) is 5.81. The number of ketones is 1. The molecule has 0 fully saturated rings. The van der Waals surface area contributed by atoms with E-state index in [-0.39, 0.29) is 16.6 Å². The second-order valence-electron chi connectivity index (χ2n) is 5.59.